The van der Waals surface area contributed by atoms with Gasteiger partial charge in [-0.25, -0.2) is 9.97 Å². The number of hydrogen-bond donors (Lipinski definition) is 2. The first-order valence-corrected chi connectivity index (χ1v) is 4.87. The summed E-state index contributed by atoms with van der Waals surface area (Å²) in [5.41, 5.74) is 0. The molecule has 1 atom stereocenters. The van der Waals surface area contributed by atoms with E-state index in [1.165, 1.54) is 6.07 Å². The highest BCUT2D eigenvalue weighted by Crippen LogP contribution is 2.20. The Morgan fingerprint density at radius 2 is 2.18 bits per heavy atom. The van der Waals surface area contributed by atoms with E-state index in [1.54, 1.807) is 6.92 Å². The lowest BCUT2D eigenvalue weighted by atomic mass is 10.3. The van der Waals surface area contributed by atoms with Gasteiger partial charge in [-0.15, -0.1) is 0 Å². The number of anilines is 1. The monoisotopic (exact) mass is 251 g/mol. The first kappa shape index (κ1) is 13.5. The molecule has 0 amide bonds. The zero-order valence-corrected chi connectivity index (χ0v) is 9.03. The number of aliphatic hydroxyl groups excluding tert-OH is 1. The van der Waals surface area contributed by atoms with E-state index in [-0.39, 0.29) is 11.7 Å². The third kappa shape index (κ3) is 4.43. The molecular weight excluding hydrogens is 239 g/mol. The van der Waals surface area contributed by atoms with Crippen LogP contribution < -0.4 is 10.1 Å². The number of nitrogens with zero attached hydrogens (tertiary/aromatic N) is 2. The molecule has 17 heavy (non-hydrogen) atoms. The van der Waals surface area contributed by atoms with Gasteiger partial charge >= 0.3 is 6.18 Å². The Morgan fingerprint density at radius 1 is 1.47 bits per heavy atom. The summed E-state index contributed by atoms with van der Waals surface area (Å²) in [7, 11) is 0. The molecule has 5 nitrogen and oxygen atoms in total. The number of halogens is 3. The summed E-state index contributed by atoms with van der Waals surface area (Å²) >= 11 is 0. The molecule has 2 N–H and O–H groups in total. The van der Waals surface area contributed by atoms with Gasteiger partial charge in [0.15, 0.2) is 6.10 Å². The number of ether oxygens (including phenoxy) is 1. The number of nitrogens with one attached hydrogen (secondary N) is 1. The van der Waals surface area contributed by atoms with E-state index >= 15 is 0 Å². The molecule has 0 fully saturated rings. The largest absolute Gasteiger partial charge is 0.478 e. The summed E-state index contributed by atoms with van der Waals surface area (Å²) in [4.78, 5) is 7.44. The Kier molecular flexibility index (Phi) is 4.50. The van der Waals surface area contributed by atoms with Crippen LogP contribution in [0.25, 0.3) is 0 Å². The molecule has 0 aliphatic rings. The number of alkyl halides is 3. The first-order valence-electron chi connectivity index (χ1n) is 4.87. The minimum Gasteiger partial charge on any atom is -0.478 e. The maximum Gasteiger partial charge on any atom is 0.416 e. The van der Waals surface area contributed by atoms with Crippen molar-refractivity contribution in [2.75, 3.05) is 18.5 Å². The molecule has 1 unspecified atom stereocenters. The molecular formula is C9H12F3N3O2. The van der Waals surface area contributed by atoms with E-state index in [1.807, 2.05) is 0 Å². The fourth-order valence-electron chi connectivity index (χ4n) is 0.980. The summed E-state index contributed by atoms with van der Waals surface area (Å²) in [6.07, 6.45) is -5.93. The van der Waals surface area contributed by atoms with Crippen molar-refractivity contribution >= 4 is 5.82 Å². The fraction of sp³-hybridized carbons (Fsp3) is 0.556. The third-order valence-electron chi connectivity index (χ3n) is 1.79. The van der Waals surface area contributed by atoms with Crippen molar-refractivity contribution < 1.29 is 23.0 Å². The molecule has 1 rings (SSSR count). The van der Waals surface area contributed by atoms with Crippen LogP contribution in [0.2, 0.25) is 0 Å². The van der Waals surface area contributed by atoms with Gasteiger partial charge in [0.25, 0.3) is 0 Å². The number of aromatic nitrogens is 2. The van der Waals surface area contributed by atoms with E-state index in [4.69, 9.17) is 9.84 Å². The van der Waals surface area contributed by atoms with E-state index in [9.17, 15) is 13.2 Å². The molecule has 96 valence electrons. The van der Waals surface area contributed by atoms with Crippen LogP contribution in [0.5, 0.6) is 5.88 Å². The molecule has 1 heterocycles. The minimum absolute atomic E-state index is 0.159. The predicted octanol–water partition coefficient (Wildman–Crippen LogP) is 1.21. The van der Waals surface area contributed by atoms with E-state index < -0.39 is 18.8 Å². The second-order valence-corrected chi connectivity index (χ2v) is 3.11. The Morgan fingerprint density at radius 3 is 2.76 bits per heavy atom. The molecule has 1 aromatic heterocycles. The summed E-state index contributed by atoms with van der Waals surface area (Å²) in [5.74, 6) is 0.415. The van der Waals surface area contributed by atoms with Gasteiger partial charge < -0.3 is 15.2 Å². The predicted molar refractivity (Wildman–Crippen MR) is 53.8 cm³/mol. The lowest BCUT2D eigenvalue weighted by Crippen LogP contribution is -2.35. The fourth-order valence-corrected chi connectivity index (χ4v) is 0.980. The smallest absolute Gasteiger partial charge is 0.416 e. The lowest BCUT2D eigenvalue weighted by molar-refractivity contribution is -0.198. The molecule has 0 saturated carbocycles. The Bertz CT molecular complexity index is 360. The van der Waals surface area contributed by atoms with Crippen molar-refractivity contribution in [1.82, 2.24) is 9.97 Å². The number of rotatable bonds is 5. The molecule has 0 aliphatic carbocycles. The number of aliphatic hydroxyl groups is 1. The molecule has 0 saturated heterocycles. The second kappa shape index (κ2) is 5.67. The van der Waals surface area contributed by atoms with Crippen LogP contribution >= 0.6 is 0 Å². The molecule has 0 aromatic carbocycles. The van der Waals surface area contributed by atoms with Crippen molar-refractivity contribution in [3.63, 3.8) is 0 Å². The normalized spacial score (nSPS) is 13.2. The van der Waals surface area contributed by atoms with Crippen LogP contribution in [0, 0.1) is 0 Å². The van der Waals surface area contributed by atoms with E-state index in [0.29, 0.717) is 6.61 Å². The third-order valence-corrected chi connectivity index (χ3v) is 1.79. The van der Waals surface area contributed by atoms with Crippen molar-refractivity contribution in [1.29, 1.82) is 0 Å². The maximum absolute atomic E-state index is 12.0. The van der Waals surface area contributed by atoms with E-state index in [2.05, 4.69) is 15.3 Å². The Labute approximate surface area is 95.6 Å². The summed E-state index contributed by atoms with van der Waals surface area (Å²) in [6, 6.07) is 1.35. The molecule has 0 radical (unpaired) electrons. The maximum atomic E-state index is 12.0. The van der Waals surface area contributed by atoms with Gasteiger partial charge in [-0.1, -0.05) is 0 Å². The molecule has 8 heteroatoms. The van der Waals surface area contributed by atoms with Crippen LogP contribution in [-0.4, -0.2) is 40.5 Å². The average molecular weight is 251 g/mol. The number of hydrogen-bond acceptors (Lipinski definition) is 5. The van der Waals surface area contributed by atoms with Crippen molar-refractivity contribution in [3.05, 3.63) is 12.4 Å². The van der Waals surface area contributed by atoms with Crippen molar-refractivity contribution in [2.24, 2.45) is 0 Å². The zero-order valence-electron chi connectivity index (χ0n) is 9.03. The standard InChI is InChI=1S/C9H12F3N3O2/c1-2-17-8-3-7(14-5-15-8)13-4-6(16)9(10,11)12/h3,5-6,16H,2,4H2,1H3,(H,13,14,15). The van der Waals surface area contributed by atoms with E-state index in [0.717, 1.165) is 6.33 Å². The summed E-state index contributed by atoms with van der Waals surface area (Å²) in [5, 5.41) is 11.1. The Hall–Kier alpha value is -1.57. The van der Waals surface area contributed by atoms with Gasteiger partial charge in [-0.3, -0.25) is 0 Å². The second-order valence-electron chi connectivity index (χ2n) is 3.11. The zero-order chi connectivity index (χ0) is 12.9. The van der Waals surface area contributed by atoms with Gasteiger partial charge in [0.05, 0.1) is 13.2 Å². The van der Waals surface area contributed by atoms with Gasteiger partial charge in [0.2, 0.25) is 5.88 Å². The van der Waals surface area contributed by atoms with Crippen molar-refractivity contribution in [2.45, 2.75) is 19.2 Å². The highest BCUT2D eigenvalue weighted by atomic mass is 19.4. The van der Waals surface area contributed by atoms with Crippen LogP contribution in [0.1, 0.15) is 6.92 Å². The van der Waals surface area contributed by atoms with Gasteiger partial charge in [-0.2, -0.15) is 13.2 Å². The van der Waals surface area contributed by atoms with Crippen molar-refractivity contribution in [3.8, 4) is 5.88 Å². The first-order chi connectivity index (χ1) is 7.93. The van der Waals surface area contributed by atoms with Crippen LogP contribution in [0.15, 0.2) is 12.4 Å². The van der Waals surface area contributed by atoms with Crippen LogP contribution in [0.3, 0.4) is 0 Å². The molecule has 1 aromatic rings. The summed E-state index contributed by atoms with van der Waals surface area (Å²) < 4.78 is 41.1. The summed E-state index contributed by atoms with van der Waals surface area (Å²) in [6.45, 7) is 1.47. The van der Waals surface area contributed by atoms with Crippen LogP contribution in [0.4, 0.5) is 19.0 Å². The quantitative estimate of drug-likeness (QED) is 0.823. The average Bonchev–Trinajstić information content (AvgIpc) is 2.25. The molecule has 0 aliphatic heterocycles. The highest BCUT2D eigenvalue weighted by molar-refractivity contribution is 5.37. The molecule has 0 spiro atoms. The Balaban J connectivity index is 2.54. The van der Waals surface area contributed by atoms with Crippen LogP contribution in [-0.2, 0) is 0 Å². The molecule has 0 bridgehead atoms. The van der Waals surface area contributed by atoms with Gasteiger partial charge in [-0.05, 0) is 6.92 Å². The lowest BCUT2D eigenvalue weighted by Gasteiger charge is -2.15. The SMILES string of the molecule is CCOc1cc(NCC(O)C(F)(F)F)ncn1. The topological polar surface area (TPSA) is 67.3 Å². The highest BCUT2D eigenvalue weighted by Gasteiger charge is 2.37. The van der Waals surface area contributed by atoms with Gasteiger partial charge in [0, 0.05) is 6.07 Å². The van der Waals surface area contributed by atoms with Gasteiger partial charge in [0.1, 0.15) is 12.1 Å². The minimum atomic E-state index is -4.65.